The minimum Gasteiger partial charge on any atom is -0.497 e. The largest absolute Gasteiger partial charge is 0.497 e. The number of fused-ring (bicyclic) bond motifs is 1. The van der Waals surface area contributed by atoms with Gasteiger partial charge < -0.3 is 19.5 Å². The maximum atomic E-state index is 10.5. The van der Waals surface area contributed by atoms with Crippen LogP contribution < -0.4 is 9.47 Å². The molecule has 1 aromatic carbocycles. The number of hydrogen-bond acceptors (Lipinski definition) is 4. The summed E-state index contributed by atoms with van der Waals surface area (Å²) in [7, 11) is 3.79. The molecule has 0 radical (unpaired) electrons. The Morgan fingerprint density at radius 2 is 2.20 bits per heavy atom. The summed E-state index contributed by atoms with van der Waals surface area (Å²) in [6, 6.07) is 6.15. The van der Waals surface area contributed by atoms with Crippen LogP contribution in [-0.4, -0.2) is 42.4 Å². The molecule has 4 heteroatoms. The van der Waals surface area contributed by atoms with Gasteiger partial charge in [-0.2, -0.15) is 0 Å². The Morgan fingerprint density at radius 3 is 2.90 bits per heavy atom. The van der Waals surface area contributed by atoms with Crippen LogP contribution in [-0.2, 0) is 0 Å². The van der Waals surface area contributed by atoms with Gasteiger partial charge in [0.1, 0.15) is 17.1 Å². The van der Waals surface area contributed by atoms with Crippen LogP contribution in [0.4, 0.5) is 0 Å². The van der Waals surface area contributed by atoms with Crippen molar-refractivity contribution in [1.29, 1.82) is 0 Å². The van der Waals surface area contributed by atoms with Crippen molar-refractivity contribution in [3.63, 3.8) is 0 Å². The van der Waals surface area contributed by atoms with Gasteiger partial charge in [-0.3, -0.25) is 0 Å². The number of hydrogen-bond donors (Lipinski definition) is 1. The Balaban J connectivity index is 1.91. The van der Waals surface area contributed by atoms with Crippen molar-refractivity contribution in [2.24, 2.45) is 0 Å². The highest BCUT2D eigenvalue weighted by Crippen LogP contribution is 2.46. The van der Waals surface area contributed by atoms with Gasteiger partial charge >= 0.3 is 0 Å². The molecule has 1 N–H and O–H groups in total. The number of nitrogens with zero attached hydrogens (tertiary/aromatic N) is 1. The Hall–Kier alpha value is -1.26. The van der Waals surface area contributed by atoms with E-state index in [1.807, 2.05) is 18.2 Å². The quantitative estimate of drug-likeness (QED) is 0.855. The van der Waals surface area contributed by atoms with Gasteiger partial charge in [0.25, 0.3) is 0 Å². The number of methoxy groups -OCH3 is 1. The molecule has 0 aromatic heterocycles. The van der Waals surface area contributed by atoms with Crippen LogP contribution in [0, 0.1) is 0 Å². The third-order valence-corrected chi connectivity index (χ3v) is 4.81. The zero-order valence-corrected chi connectivity index (χ0v) is 12.4. The second-order valence-corrected chi connectivity index (χ2v) is 6.19. The molecule has 110 valence electrons. The highest BCUT2D eigenvalue weighted by molar-refractivity contribution is 5.44. The summed E-state index contributed by atoms with van der Waals surface area (Å²) in [5.41, 5.74) is 0.646. The fraction of sp³-hybridized carbons (Fsp3) is 0.625. The second-order valence-electron chi connectivity index (χ2n) is 6.19. The summed E-state index contributed by atoms with van der Waals surface area (Å²) < 4.78 is 11.6. The third-order valence-electron chi connectivity index (χ3n) is 4.81. The molecule has 2 aliphatic rings. The van der Waals surface area contributed by atoms with E-state index < -0.39 is 6.10 Å². The first-order valence-corrected chi connectivity index (χ1v) is 7.28. The standard InChI is InChI=1S/C16H23NO3/c1-11-9-16(6-7-17(11)2)10-14(18)13-5-4-12(19-3)8-15(13)20-16/h4-5,8,11,14,18H,6-7,9-10H2,1-3H3. The Bertz CT molecular complexity index is 504. The van der Waals surface area contributed by atoms with Crippen molar-refractivity contribution in [1.82, 2.24) is 4.90 Å². The summed E-state index contributed by atoms with van der Waals surface area (Å²) in [6.07, 6.45) is 2.16. The van der Waals surface area contributed by atoms with Crippen molar-refractivity contribution >= 4 is 0 Å². The van der Waals surface area contributed by atoms with Gasteiger partial charge in [0, 0.05) is 37.1 Å². The molecule has 1 spiro atoms. The maximum absolute atomic E-state index is 10.5. The van der Waals surface area contributed by atoms with E-state index in [9.17, 15) is 5.11 Å². The van der Waals surface area contributed by atoms with Crippen molar-refractivity contribution in [3.05, 3.63) is 23.8 Å². The van der Waals surface area contributed by atoms with Crippen LogP contribution in [0.15, 0.2) is 18.2 Å². The number of ether oxygens (including phenoxy) is 2. The number of piperidine rings is 1. The van der Waals surface area contributed by atoms with Crippen molar-refractivity contribution in [2.75, 3.05) is 20.7 Å². The van der Waals surface area contributed by atoms with E-state index in [-0.39, 0.29) is 5.60 Å². The summed E-state index contributed by atoms with van der Waals surface area (Å²) in [4.78, 5) is 2.35. The Kier molecular flexibility index (Phi) is 3.38. The highest BCUT2D eigenvalue weighted by atomic mass is 16.5. The monoisotopic (exact) mass is 277 g/mol. The molecular weight excluding hydrogens is 254 g/mol. The maximum Gasteiger partial charge on any atom is 0.129 e. The highest BCUT2D eigenvalue weighted by Gasteiger charge is 2.44. The molecule has 1 aromatic rings. The van der Waals surface area contributed by atoms with E-state index in [4.69, 9.17) is 9.47 Å². The zero-order valence-electron chi connectivity index (χ0n) is 12.4. The zero-order chi connectivity index (χ0) is 14.3. The fourth-order valence-corrected chi connectivity index (χ4v) is 3.42. The van der Waals surface area contributed by atoms with Crippen molar-refractivity contribution in [3.8, 4) is 11.5 Å². The smallest absolute Gasteiger partial charge is 0.129 e. The van der Waals surface area contributed by atoms with Crippen molar-refractivity contribution < 1.29 is 14.6 Å². The molecule has 1 fully saturated rings. The predicted molar refractivity (Wildman–Crippen MR) is 77.3 cm³/mol. The average molecular weight is 277 g/mol. The summed E-state index contributed by atoms with van der Waals surface area (Å²) in [5.74, 6) is 1.55. The molecule has 0 bridgehead atoms. The number of likely N-dealkylation sites (tertiary alicyclic amines) is 1. The molecule has 2 aliphatic heterocycles. The molecule has 3 atom stereocenters. The van der Waals surface area contributed by atoms with E-state index in [1.54, 1.807) is 7.11 Å². The third kappa shape index (κ3) is 2.27. The molecule has 2 heterocycles. The van der Waals surface area contributed by atoms with E-state index in [2.05, 4.69) is 18.9 Å². The van der Waals surface area contributed by atoms with E-state index in [1.165, 1.54) is 0 Å². The molecular formula is C16H23NO3. The van der Waals surface area contributed by atoms with E-state index in [0.717, 1.165) is 36.4 Å². The normalized spacial score (nSPS) is 33.6. The van der Waals surface area contributed by atoms with Gasteiger partial charge in [0.05, 0.1) is 13.2 Å². The lowest BCUT2D eigenvalue weighted by Crippen LogP contribution is -2.52. The van der Waals surface area contributed by atoms with E-state index >= 15 is 0 Å². The predicted octanol–water partition coefficient (Wildman–Crippen LogP) is 2.36. The lowest BCUT2D eigenvalue weighted by molar-refractivity contribution is -0.0646. The molecule has 3 unspecified atom stereocenters. The molecule has 3 rings (SSSR count). The summed E-state index contributed by atoms with van der Waals surface area (Å²) in [6.45, 7) is 3.23. The van der Waals surface area contributed by atoms with Gasteiger partial charge in [-0.1, -0.05) is 0 Å². The molecule has 20 heavy (non-hydrogen) atoms. The van der Waals surface area contributed by atoms with Crippen LogP contribution in [0.5, 0.6) is 11.5 Å². The van der Waals surface area contributed by atoms with Gasteiger partial charge in [0.2, 0.25) is 0 Å². The Labute approximate surface area is 120 Å². The first kappa shape index (κ1) is 13.7. The van der Waals surface area contributed by atoms with Gasteiger partial charge in [-0.05, 0) is 32.5 Å². The first-order chi connectivity index (χ1) is 9.53. The average Bonchev–Trinajstić information content (AvgIpc) is 2.43. The second kappa shape index (κ2) is 4.93. The minimum atomic E-state index is -0.444. The summed E-state index contributed by atoms with van der Waals surface area (Å²) >= 11 is 0. The van der Waals surface area contributed by atoms with Crippen LogP contribution in [0.3, 0.4) is 0 Å². The number of rotatable bonds is 1. The molecule has 0 aliphatic carbocycles. The number of aliphatic hydroxyl groups excluding tert-OH is 1. The molecule has 0 amide bonds. The first-order valence-electron chi connectivity index (χ1n) is 7.28. The van der Waals surface area contributed by atoms with Gasteiger partial charge in [-0.25, -0.2) is 0 Å². The van der Waals surface area contributed by atoms with Crippen LogP contribution in [0.1, 0.15) is 37.9 Å². The topological polar surface area (TPSA) is 41.9 Å². The lowest BCUT2D eigenvalue weighted by Gasteiger charge is -2.47. The molecule has 1 saturated heterocycles. The molecule has 0 saturated carbocycles. The van der Waals surface area contributed by atoms with Crippen LogP contribution >= 0.6 is 0 Å². The number of benzene rings is 1. The SMILES string of the molecule is COc1ccc2c(c1)OC1(CCN(C)C(C)C1)CC2O. The fourth-order valence-electron chi connectivity index (χ4n) is 3.42. The minimum absolute atomic E-state index is 0.231. The van der Waals surface area contributed by atoms with Crippen molar-refractivity contribution in [2.45, 2.75) is 43.9 Å². The molecule has 4 nitrogen and oxygen atoms in total. The van der Waals surface area contributed by atoms with Crippen LogP contribution in [0.25, 0.3) is 0 Å². The van der Waals surface area contributed by atoms with Gasteiger partial charge in [0.15, 0.2) is 0 Å². The van der Waals surface area contributed by atoms with E-state index in [0.29, 0.717) is 12.5 Å². The summed E-state index contributed by atoms with van der Waals surface area (Å²) in [5, 5.41) is 10.5. The number of aliphatic hydroxyl groups is 1. The lowest BCUT2D eigenvalue weighted by atomic mass is 9.79. The van der Waals surface area contributed by atoms with Crippen LogP contribution in [0.2, 0.25) is 0 Å². The Morgan fingerprint density at radius 1 is 1.40 bits per heavy atom. The van der Waals surface area contributed by atoms with Gasteiger partial charge in [-0.15, -0.1) is 0 Å².